The monoisotopic (exact) mass is 390 g/mol. The molecule has 1 amide bonds. The van der Waals surface area contributed by atoms with Crippen molar-refractivity contribution in [2.24, 2.45) is 0 Å². The van der Waals surface area contributed by atoms with Crippen molar-refractivity contribution in [2.45, 2.75) is 19.9 Å². The lowest BCUT2D eigenvalue weighted by molar-refractivity contribution is 0.0593. The number of hydrogen-bond donors (Lipinski definition) is 2. The molecule has 0 bridgehead atoms. The number of ether oxygens (including phenoxy) is 1. The fourth-order valence-corrected chi connectivity index (χ4v) is 2.82. The van der Waals surface area contributed by atoms with Gasteiger partial charge in [0.25, 0.3) is 5.91 Å². The summed E-state index contributed by atoms with van der Waals surface area (Å²) in [5, 5.41) is 6.12. The second-order valence-electron chi connectivity index (χ2n) is 6.60. The van der Waals surface area contributed by atoms with Crippen LogP contribution in [-0.4, -0.2) is 29.0 Å². The van der Waals surface area contributed by atoms with Crippen molar-refractivity contribution in [1.29, 1.82) is 0 Å². The van der Waals surface area contributed by atoms with Crippen molar-refractivity contribution in [1.82, 2.24) is 9.97 Å². The molecule has 2 N–H and O–H groups in total. The Morgan fingerprint density at radius 1 is 1.07 bits per heavy atom. The molecule has 7 nitrogen and oxygen atoms in total. The van der Waals surface area contributed by atoms with Crippen LogP contribution in [0.3, 0.4) is 0 Å². The summed E-state index contributed by atoms with van der Waals surface area (Å²) in [6, 6.07) is 14.8. The van der Waals surface area contributed by atoms with Gasteiger partial charge in [-0.25, -0.2) is 9.78 Å². The zero-order valence-corrected chi connectivity index (χ0v) is 16.5. The van der Waals surface area contributed by atoms with E-state index < -0.39 is 5.97 Å². The van der Waals surface area contributed by atoms with Gasteiger partial charge in [-0.1, -0.05) is 29.8 Å². The molecule has 0 saturated carbocycles. The van der Waals surface area contributed by atoms with Gasteiger partial charge in [-0.2, -0.15) is 0 Å². The van der Waals surface area contributed by atoms with E-state index in [2.05, 4.69) is 25.3 Å². The van der Waals surface area contributed by atoms with E-state index in [0.717, 1.165) is 11.1 Å². The van der Waals surface area contributed by atoms with Crippen molar-refractivity contribution < 1.29 is 14.3 Å². The molecule has 1 unspecified atom stereocenters. The topological polar surface area (TPSA) is 93.2 Å². The Labute approximate surface area is 169 Å². The van der Waals surface area contributed by atoms with Crippen LogP contribution in [0, 0.1) is 6.92 Å². The van der Waals surface area contributed by atoms with Crippen LogP contribution in [0.1, 0.15) is 44.9 Å². The number of nitrogens with zero attached hydrogens (tertiary/aromatic N) is 2. The number of methoxy groups -OCH3 is 1. The molecule has 0 aliphatic heterocycles. The minimum absolute atomic E-state index is 0.129. The number of carbonyl (C=O) groups excluding carboxylic acids is 2. The molecule has 0 aliphatic carbocycles. The Morgan fingerprint density at radius 2 is 1.86 bits per heavy atom. The predicted octanol–water partition coefficient (Wildman–Crippen LogP) is 4.00. The van der Waals surface area contributed by atoms with Crippen LogP contribution in [0.2, 0.25) is 0 Å². The lowest BCUT2D eigenvalue weighted by Gasteiger charge is -2.16. The van der Waals surface area contributed by atoms with Crippen molar-refractivity contribution >= 4 is 23.4 Å². The maximum Gasteiger partial charge on any atom is 0.358 e. The van der Waals surface area contributed by atoms with E-state index in [4.69, 9.17) is 0 Å². The number of amides is 1. The van der Waals surface area contributed by atoms with E-state index in [0.29, 0.717) is 17.1 Å². The fourth-order valence-electron chi connectivity index (χ4n) is 2.82. The van der Waals surface area contributed by atoms with Crippen LogP contribution >= 0.6 is 0 Å². The SMILES string of the molecule is COC(=O)c1cncc(NC(C)c2cccc(NC(=O)c3cccc(C)c3)c2)n1. The second-order valence-corrected chi connectivity index (χ2v) is 6.60. The number of carbonyl (C=O) groups is 2. The zero-order chi connectivity index (χ0) is 20.8. The van der Waals surface area contributed by atoms with Gasteiger partial charge in [0, 0.05) is 11.3 Å². The quantitative estimate of drug-likeness (QED) is 0.618. The van der Waals surface area contributed by atoms with Crippen LogP contribution in [0.5, 0.6) is 0 Å². The molecule has 0 saturated heterocycles. The molecular weight excluding hydrogens is 368 g/mol. The van der Waals surface area contributed by atoms with Gasteiger partial charge in [-0.05, 0) is 43.7 Å². The van der Waals surface area contributed by atoms with Crippen molar-refractivity contribution in [3.8, 4) is 0 Å². The first kappa shape index (κ1) is 20.0. The first-order valence-electron chi connectivity index (χ1n) is 9.11. The Balaban J connectivity index is 1.72. The molecule has 29 heavy (non-hydrogen) atoms. The molecule has 1 atom stereocenters. The molecule has 1 aromatic heterocycles. The number of nitrogens with one attached hydrogen (secondary N) is 2. The summed E-state index contributed by atoms with van der Waals surface area (Å²) in [4.78, 5) is 32.3. The predicted molar refractivity (Wildman–Crippen MR) is 111 cm³/mol. The number of rotatable bonds is 6. The highest BCUT2D eigenvalue weighted by atomic mass is 16.5. The minimum atomic E-state index is -0.547. The molecule has 0 aliphatic rings. The molecule has 3 rings (SSSR count). The highest BCUT2D eigenvalue weighted by Crippen LogP contribution is 2.21. The fraction of sp³-hybridized carbons (Fsp3) is 0.182. The minimum Gasteiger partial charge on any atom is -0.464 e. The van der Waals surface area contributed by atoms with E-state index in [1.165, 1.54) is 19.5 Å². The molecule has 0 radical (unpaired) electrons. The van der Waals surface area contributed by atoms with Gasteiger partial charge in [0.2, 0.25) is 0 Å². The van der Waals surface area contributed by atoms with E-state index in [9.17, 15) is 9.59 Å². The summed E-state index contributed by atoms with van der Waals surface area (Å²) < 4.78 is 4.67. The van der Waals surface area contributed by atoms with Crippen molar-refractivity contribution in [3.05, 3.63) is 83.3 Å². The van der Waals surface area contributed by atoms with Gasteiger partial charge in [0.1, 0.15) is 5.82 Å². The van der Waals surface area contributed by atoms with Gasteiger partial charge in [-0.3, -0.25) is 9.78 Å². The van der Waals surface area contributed by atoms with Gasteiger partial charge in [0.05, 0.1) is 25.5 Å². The van der Waals surface area contributed by atoms with E-state index in [1.807, 2.05) is 56.3 Å². The average molecular weight is 390 g/mol. The van der Waals surface area contributed by atoms with Gasteiger partial charge < -0.3 is 15.4 Å². The number of benzene rings is 2. The van der Waals surface area contributed by atoms with Gasteiger partial charge in [-0.15, -0.1) is 0 Å². The first-order chi connectivity index (χ1) is 14.0. The maximum atomic E-state index is 12.5. The van der Waals surface area contributed by atoms with Crippen LogP contribution in [0.4, 0.5) is 11.5 Å². The van der Waals surface area contributed by atoms with Crippen LogP contribution < -0.4 is 10.6 Å². The molecule has 7 heteroatoms. The Kier molecular flexibility index (Phi) is 6.19. The molecule has 0 fully saturated rings. The summed E-state index contributed by atoms with van der Waals surface area (Å²) >= 11 is 0. The highest BCUT2D eigenvalue weighted by molar-refractivity contribution is 6.04. The van der Waals surface area contributed by atoms with Crippen molar-refractivity contribution in [3.63, 3.8) is 0 Å². The lowest BCUT2D eigenvalue weighted by Crippen LogP contribution is -2.14. The Hall–Kier alpha value is -3.74. The normalized spacial score (nSPS) is 11.4. The van der Waals surface area contributed by atoms with Gasteiger partial charge >= 0.3 is 5.97 Å². The van der Waals surface area contributed by atoms with Gasteiger partial charge in [0.15, 0.2) is 5.69 Å². The number of esters is 1. The lowest BCUT2D eigenvalue weighted by atomic mass is 10.1. The third-order valence-corrected chi connectivity index (χ3v) is 4.32. The van der Waals surface area contributed by atoms with Crippen LogP contribution in [-0.2, 0) is 4.74 Å². The van der Waals surface area contributed by atoms with E-state index in [1.54, 1.807) is 6.07 Å². The molecule has 148 valence electrons. The standard InChI is InChI=1S/C22H22N4O3/c1-14-6-4-8-17(10-14)21(27)25-18-9-5-7-16(11-18)15(2)24-20-13-23-12-19(26-20)22(28)29-3/h4-13,15H,1-3H3,(H,24,26)(H,25,27). The Bertz CT molecular complexity index is 1040. The summed E-state index contributed by atoms with van der Waals surface area (Å²) in [6.45, 7) is 3.90. The average Bonchev–Trinajstić information content (AvgIpc) is 2.73. The Morgan fingerprint density at radius 3 is 2.62 bits per heavy atom. The summed E-state index contributed by atoms with van der Waals surface area (Å²) in [5.41, 5.74) is 3.40. The maximum absolute atomic E-state index is 12.5. The summed E-state index contributed by atoms with van der Waals surface area (Å²) in [7, 11) is 1.29. The summed E-state index contributed by atoms with van der Waals surface area (Å²) in [5.74, 6) is -0.257. The first-order valence-corrected chi connectivity index (χ1v) is 9.11. The molecule has 2 aromatic carbocycles. The third kappa shape index (κ3) is 5.16. The molecule has 0 spiro atoms. The third-order valence-electron chi connectivity index (χ3n) is 4.32. The van der Waals surface area contributed by atoms with Crippen LogP contribution in [0.25, 0.3) is 0 Å². The number of anilines is 2. The van der Waals surface area contributed by atoms with Crippen molar-refractivity contribution in [2.75, 3.05) is 17.7 Å². The number of hydrogen-bond acceptors (Lipinski definition) is 6. The zero-order valence-electron chi connectivity index (χ0n) is 16.5. The molecular formula is C22H22N4O3. The second kappa shape index (κ2) is 8.97. The summed E-state index contributed by atoms with van der Waals surface area (Å²) in [6.07, 6.45) is 2.88. The largest absolute Gasteiger partial charge is 0.464 e. The molecule has 3 aromatic rings. The number of aryl methyl sites for hydroxylation is 1. The van der Waals surface area contributed by atoms with Crippen LogP contribution in [0.15, 0.2) is 60.9 Å². The molecule has 1 heterocycles. The smallest absolute Gasteiger partial charge is 0.358 e. The van der Waals surface area contributed by atoms with E-state index >= 15 is 0 Å². The van der Waals surface area contributed by atoms with E-state index in [-0.39, 0.29) is 17.6 Å². The highest BCUT2D eigenvalue weighted by Gasteiger charge is 2.12. The number of aromatic nitrogens is 2.